The van der Waals surface area contributed by atoms with Crippen molar-refractivity contribution in [3.63, 3.8) is 0 Å². The topological polar surface area (TPSA) is 49.8 Å². The SMILES string of the molecule is Cc1cc(NC2CC2)nc(Nc2cccc(Cl)c2C)n1. The molecule has 5 heteroatoms. The summed E-state index contributed by atoms with van der Waals surface area (Å²) in [5, 5.41) is 7.37. The molecule has 0 saturated heterocycles. The Hall–Kier alpha value is -1.81. The molecular weight excluding hydrogens is 272 g/mol. The number of aromatic nitrogens is 2. The van der Waals surface area contributed by atoms with Gasteiger partial charge in [0.15, 0.2) is 0 Å². The van der Waals surface area contributed by atoms with E-state index in [1.807, 2.05) is 38.1 Å². The van der Waals surface area contributed by atoms with Crippen molar-refractivity contribution >= 4 is 29.1 Å². The summed E-state index contributed by atoms with van der Waals surface area (Å²) in [4.78, 5) is 8.93. The molecule has 0 radical (unpaired) electrons. The number of halogens is 1. The Balaban J connectivity index is 1.85. The van der Waals surface area contributed by atoms with Gasteiger partial charge in [-0.2, -0.15) is 4.98 Å². The van der Waals surface area contributed by atoms with E-state index in [4.69, 9.17) is 11.6 Å². The zero-order chi connectivity index (χ0) is 14.1. The lowest BCUT2D eigenvalue weighted by Gasteiger charge is -2.11. The Kier molecular flexibility index (Phi) is 3.49. The summed E-state index contributed by atoms with van der Waals surface area (Å²) in [5.41, 5.74) is 2.86. The lowest BCUT2D eigenvalue weighted by atomic mass is 10.2. The minimum Gasteiger partial charge on any atom is -0.367 e. The van der Waals surface area contributed by atoms with Crippen LogP contribution in [-0.4, -0.2) is 16.0 Å². The van der Waals surface area contributed by atoms with Crippen LogP contribution in [0.5, 0.6) is 0 Å². The summed E-state index contributed by atoms with van der Waals surface area (Å²) in [6.45, 7) is 3.94. The van der Waals surface area contributed by atoms with E-state index in [9.17, 15) is 0 Å². The third-order valence-corrected chi connectivity index (χ3v) is 3.71. The van der Waals surface area contributed by atoms with Gasteiger partial charge in [0.1, 0.15) is 5.82 Å². The first-order valence-electron chi connectivity index (χ1n) is 6.76. The van der Waals surface area contributed by atoms with Crippen molar-refractivity contribution in [2.45, 2.75) is 32.7 Å². The highest BCUT2D eigenvalue weighted by molar-refractivity contribution is 6.31. The van der Waals surface area contributed by atoms with Crippen molar-refractivity contribution in [2.75, 3.05) is 10.6 Å². The number of rotatable bonds is 4. The highest BCUT2D eigenvalue weighted by Gasteiger charge is 2.21. The number of anilines is 3. The van der Waals surface area contributed by atoms with Gasteiger partial charge in [-0.3, -0.25) is 0 Å². The van der Waals surface area contributed by atoms with Gasteiger partial charge in [-0.25, -0.2) is 4.98 Å². The number of nitrogens with zero attached hydrogens (tertiary/aromatic N) is 2. The Labute approximate surface area is 123 Å². The minimum atomic E-state index is 0.574. The molecule has 2 aromatic rings. The molecule has 2 N–H and O–H groups in total. The Morgan fingerprint density at radius 3 is 2.75 bits per heavy atom. The maximum atomic E-state index is 6.13. The second-order valence-corrected chi connectivity index (χ2v) is 5.58. The maximum absolute atomic E-state index is 6.13. The predicted octanol–water partition coefficient (Wildman–Crippen LogP) is 4.06. The number of aryl methyl sites for hydroxylation is 1. The van der Waals surface area contributed by atoms with Crippen LogP contribution in [0, 0.1) is 13.8 Å². The lowest BCUT2D eigenvalue weighted by Crippen LogP contribution is -2.07. The zero-order valence-electron chi connectivity index (χ0n) is 11.6. The number of hydrogen-bond acceptors (Lipinski definition) is 4. The van der Waals surface area contributed by atoms with E-state index in [-0.39, 0.29) is 0 Å². The van der Waals surface area contributed by atoms with Crippen LogP contribution in [0.15, 0.2) is 24.3 Å². The van der Waals surface area contributed by atoms with Crippen LogP contribution in [0.3, 0.4) is 0 Å². The van der Waals surface area contributed by atoms with Crippen LogP contribution >= 0.6 is 11.6 Å². The molecule has 1 aromatic carbocycles. The van der Waals surface area contributed by atoms with Crippen LogP contribution in [0.4, 0.5) is 17.5 Å². The first-order chi connectivity index (χ1) is 9.61. The Bertz CT molecular complexity index is 638. The highest BCUT2D eigenvalue weighted by atomic mass is 35.5. The van der Waals surface area contributed by atoms with Crippen molar-refractivity contribution in [2.24, 2.45) is 0 Å². The van der Waals surface area contributed by atoms with E-state index in [1.54, 1.807) is 0 Å². The van der Waals surface area contributed by atoms with Gasteiger partial charge in [-0.15, -0.1) is 0 Å². The fourth-order valence-corrected chi connectivity index (χ4v) is 2.17. The molecule has 4 nitrogen and oxygen atoms in total. The van der Waals surface area contributed by atoms with Gasteiger partial charge >= 0.3 is 0 Å². The Morgan fingerprint density at radius 1 is 1.20 bits per heavy atom. The second kappa shape index (κ2) is 5.29. The van der Waals surface area contributed by atoms with Crippen LogP contribution in [-0.2, 0) is 0 Å². The molecule has 1 saturated carbocycles. The predicted molar refractivity (Wildman–Crippen MR) is 82.9 cm³/mol. The fraction of sp³-hybridized carbons (Fsp3) is 0.333. The first kappa shape index (κ1) is 13.2. The van der Waals surface area contributed by atoms with Crippen molar-refractivity contribution in [1.29, 1.82) is 0 Å². The van der Waals surface area contributed by atoms with Gasteiger partial charge in [-0.05, 0) is 44.4 Å². The fourth-order valence-electron chi connectivity index (χ4n) is 2.00. The second-order valence-electron chi connectivity index (χ2n) is 5.17. The van der Waals surface area contributed by atoms with Crippen LogP contribution in [0.25, 0.3) is 0 Å². The van der Waals surface area contributed by atoms with Gasteiger partial charge in [0.05, 0.1) is 0 Å². The van der Waals surface area contributed by atoms with E-state index >= 15 is 0 Å². The molecule has 104 valence electrons. The molecule has 1 aromatic heterocycles. The van der Waals surface area contributed by atoms with Gasteiger partial charge < -0.3 is 10.6 Å². The molecule has 3 rings (SSSR count). The quantitative estimate of drug-likeness (QED) is 0.890. The lowest BCUT2D eigenvalue weighted by molar-refractivity contribution is 1.06. The molecule has 0 atom stereocenters. The maximum Gasteiger partial charge on any atom is 0.229 e. The summed E-state index contributed by atoms with van der Waals surface area (Å²) in [6, 6.07) is 8.30. The summed E-state index contributed by atoms with van der Waals surface area (Å²) in [5.74, 6) is 1.47. The van der Waals surface area contributed by atoms with Gasteiger partial charge in [0.2, 0.25) is 5.95 Å². The van der Waals surface area contributed by atoms with Gasteiger partial charge in [0, 0.05) is 28.5 Å². The molecular formula is C15H17ClN4. The standard InChI is InChI=1S/C15H17ClN4/c1-9-8-14(18-11-6-7-11)20-15(17-9)19-13-5-3-4-12(16)10(13)2/h3-5,8,11H,6-7H2,1-2H3,(H2,17,18,19,20). The summed E-state index contributed by atoms with van der Waals surface area (Å²) in [7, 11) is 0. The third kappa shape index (κ3) is 3.02. The molecule has 1 aliphatic carbocycles. The molecule has 0 bridgehead atoms. The van der Waals surface area contributed by atoms with E-state index in [0.717, 1.165) is 27.8 Å². The molecule has 0 amide bonds. The molecule has 0 spiro atoms. The molecule has 1 fully saturated rings. The minimum absolute atomic E-state index is 0.574. The molecule has 20 heavy (non-hydrogen) atoms. The normalized spacial score (nSPS) is 14.2. The largest absolute Gasteiger partial charge is 0.367 e. The van der Waals surface area contributed by atoms with E-state index in [0.29, 0.717) is 12.0 Å². The van der Waals surface area contributed by atoms with Crippen LogP contribution in [0.2, 0.25) is 5.02 Å². The molecule has 0 aliphatic heterocycles. The van der Waals surface area contributed by atoms with E-state index in [2.05, 4.69) is 20.6 Å². The van der Waals surface area contributed by atoms with Gasteiger partial charge in [0.25, 0.3) is 0 Å². The zero-order valence-corrected chi connectivity index (χ0v) is 12.3. The smallest absolute Gasteiger partial charge is 0.229 e. The average molecular weight is 289 g/mol. The van der Waals surface area contributed by atoms with Crippen molar-refractivity contribution in [3.05, 3.63) is 40.5 Å². The summed E-state index contributed by atoms with van der Waals surface area (Å²) < 4.78 is 0. The Morgan fingerprint density at radius 2 is 2.00 bits per heavy atom. The average Bonchev–Trinajstić information content (AvgIpc) is 3.18. The number of benzene rings is 1. The van der Waals surface area contributed by atoms with Crippen molar-refractivity contribution in [1.82, 2.24) is 9.97 Å². The molecule has 1 heterocycles. The monoisotopic (exact) mass is 288 g/mol. The highest BCUT2D eigenvalue weighted by Crippen LogP contribution is 2.27. The van der Waals surface area contributed by atoms with Crippen LogP contribution in [0.1, 0.15) is 24.1 Å². The van der Waals surface area contributed by atoms with Gasteiger partial charge in [-0.1, -0.05) is 17.7 Å². The molecule has 1 aliphatic rings. The summed E-state index contributed by atoms with van der Waals surface area (Å²) >= 11 is 6.13. The molecule has 0 unspecified atom stereocenters. The van der Waals surface area contributed by atoms with Crippen molar-refractivity contribution in [3.8, 4) is 0 Å². The first-order valence-corrected chi connectivity index (χ1v) is 7.14. The van der Waals surface area contributed by atoms with Crippen LogP contribution < -0.4 is 10.6 Å². The van der Waals surface area contributed by atoms with E-state index < -0.39 is 0 Å². The summed E-state index contributed by atoms with van der Waals surface area (Å²) in [6.07, 6.45) is 2.44. The number of hydrogen-bond donors (Lipinski definition) is 2. The van der Waals surface area contributed by atoms with E-state index in [1.165, 1.54) is 12.8 Å². The third-order valence-electron chi connectivity index (χ3n) is 3.30. The van der Waals surface area contributed by atoms with Crippen molar-refractivity contribution < 1.29 is 0 Å². The number of nitrogens with one attached hydrogen (secondary N) is 2.